The minimum atomic E-state index is -0.123. The van der Waals surface area contributed by atoms with Gasteiger partial charge in [0.15, 0.2) is 0 Å². The van der Waals surface area contributed by atoms with Crippen LogP contribution in [0.5, 0.6) is 0 Å². The predicted molar refractivity (Wildman–Crippen MR) is 89.7 cm³/mol. The zero-order chi connectivity index (χ0) is 16.0. The number of hydrogen-bond acceptors (Lipinski definition) is 5. The summed E-state index contributed by atoms with van der Waals surface area (Å²) in [6, 6.07) is 0. The van der Waals surface area contributed by atoms with Gasteiger partial charge < -0.3 is 10.6 Å². The summed E-state index contributed by atoms with van der Waals surface area (Å²) in [6.45, 7) is 9.05. The van der Waals surface area contributed by atoms with Crippen molar-refractivity contribution in [2.45, 2.75) is 53.2 Å². The van der Waals surface area contributed by atoms with Crippen LogP contribution in [-0.4, -0.2) is 15.8 Å². The second-order valence-corrected chi connectivity index (χ2v) is 7.87. The van der Waals surface area contributed by atoms with E-state index in [-0.39, 0.29) is 11.7 Å². The van der Waals surface area contributed by atoms with Gasteiger partial charge in [0.2, 0.25) is 0 Å². The summed E-state index contributed by atoms with van der Waals surface area (Å²) in [5.41, 5.74) is 0.973. The highest BCUT2D eigenvalue weighted by molar-refractivity contribution is 7.18. The molecule has 6 heteroatoms. The number of rotatable bonds is 3. The minimum absolute atomic E-state index is 0.123. The Morgan fingerprint density at radius 3 is 2.77 bits per heavy atom. The van der Waals surface area contributed by atoms with Crippen molar-refractivity contribution >= 4 is 21.6 Å². The van der Waals surface area contributed by atoms with Crippen LogP contribution in [0.15, 0.2) is 4.79 Å². The van der Waals surface area contributed by atoms with Crippen molar-refractivity contribution in [1.82, 2.24) is 9.66 Å². The molecule has 1 aliphatic rings. The zero-order valence-corrected chi connectivity index (χ0v) is 14.4. The summed E-state index contributed by atoms with van der Waals surface area (Å²) in [7, 11) is 0. The molecular formula is C16H23N3O2S. The Morgan fingerprint density at radius 2 is 2.14 bits per heavy atom. The van der Waals surface area contributed by atoms with Gasteiger partial charge in [0.25, 0.3) is 5.56 Å². The Hall–Kier alpha value is -1.40. The van der Waals surface area contributed by atoms with E-state index in [1.54, 1.807) is 11.3 Å². The fraction of sp³-hybridized carbons (Fsp3) is 0.625. The molecular weight excluding hydrogens is 298 g/mol. The number of nitrogens with zero attached hydrogens (tertiary/aromatic N) is 2. The lowest BCUT2D eigenvalue weighted by atomic mass is 9.96. The van der Waals surface area contributed by atoms with Crippen molar-refractivity contribution < 1.29 is 4.74 Å². The molecule has 0 aromatic carbocycles. The zero-order valence-electron chi connectivity index (χ0n) is 13.5. The van der Waals surface area contributed by atoms with Gasteiger partial charge in [0.05, 0.1) is 18.1 Å². The van der Waals surface area contributed by atoms with Crippen LogP contribution in [0.3, 0.4) is 0 Å². The first-order valence-corrected chi connectivity index (χ1v) is 8.63. The molecule has 5 nitrogen and oxygen atoms in total. The molecule has 0 radical (unpaired) electrons. The van der Waals surface area contributed by atoms with Gasteiger partial charge in [-0.3, -0.25) is 4.79 Å². The van der Waals surface area contributed by atoms with Gasteiger partial charge in [-0.25, -0.2) is 9.66 Å². The fourth-order valence-corrected chi connectivity index (χ4v) is 4.05. The maximum Gasteiger partial charge on any atom is 0.280 e. The second-order valence-electron chi connectivity index (χ2n) is 6.78. The monoisotopic (exact) mass is 321 g/mol. The van der Waals surface area contributed by atoms with Crippen LogP contribution in [0.2, 0.25) is 0 Å². The summed E-state index contributed by atoms with van der Waals surface area (Å²) in [5.74, 6) is 7.49. The van der Waals surface area contributed by atoms with Gasteiger partial charge >= 0.3 is 0 Å². The molecule has 0 aliphatic carbocycles. The second kappa shape index (κ2) is 5.66. The maximum absolute atomic E-state index is 12.7. The van der Waals surface area contributed by atoms with E-state index in [4.69, 9.17) is 10.6 Å². The summed E-state index contributed by atoms with van der Waals surface area (Å²) in [5, 5.41) is 0.698. The standard InChI is InChI=1S/C16H23N3O2S/c1-8(2)5-13-18-15-14(16(20)19(13)17)10-6-11(9(3)4)21-7-12(10)22-15/h8-9,11H,5-7,17H2,1-4H3. The first-order chi connectivity index (χ1) is 10.4. The molecule has 1 unspecified atom stereocenters. The summed E-state index contributed by atoms with van der Waals surface area (Å²) >= 11 is 1.57. The van der Waals surface area contributed by atoms with Gasteiger partial charge in [-0.1, -0.05) is 27.7 Å². The molecule has 0 saturated heterocycles. The molecule has 3 heterocycles. The average Bonchev–Trinajstić information content (AvgIpc) is 2.80. The van der Waals surface area contributed by atoms with Gasteiger partial charge in [0, 0.05) is 17.7 Å². The summed E-state index contributed by atoms with van der Waals surface area (Å²) in [6.07, 6.45) is 1.63. The van der Waals surface area contributed by atoms with Gasteiger partial charge in [0.1, 0.15) is 10.7 Å². The van der Waals surface area contributed by atoms with E-state index in [1.807, 2.05) is 0 Å². The predicted octanol–water partition coefficient (Wildman–Crippen LogP) is 2.47. The number of ether oxygens (including phenoxy) is 1. The molecule has 0 fully saturated rings. The molecule has 0 saturated carbocycles. The Bertz CT molecular complexity index is 761. The van der Waals surface area contributed by atoms with E-state index in [2.05, 4.69) is 32.7 Å². The third-order valence-electron chi connectivity index (χ3n) is 4.18. The fourth-order valence-electron chi connectivity index (χ4n) is 2.92. The van der Waals surface area contributed by atoms with Crippen molar-refractivity contribution in [3.05, 3.63) is 26.6 Å². The highest BCUT2D eigenvalue weighted by atomic mass is 32.1. The topological polar surface area (TPSA) is 70.1 Å². The quantitative estimate of drug-likeness (QED) is 0.882. The third-order valence-corrected chi connectivity index (χ3v) is 5.28. The molecule has 2 aromatic rings. The van der Waals surface area contributed by atoms with E-state index < -0.39 is 0 Å². The van der Waals surface area contributed by atoms with Crippen LogP contribution in [0.1, 0.15) is 44.0 Å². The van der Waals surface area contributed by atoms with Crippen molar-refractivity contribution in [3.63, 3.8) is 0 Å². The lowest BCUT2D eigenvalue weighted by molar-refractivity contribution is 0.00200. The van der Waals surface area contributed by atoms with Crippen LogP contribution < -0.4 is 11.4 Å². The lowest BCUT2D eigenvalue weighted by Crippen LogP contribution is -2.33. The summed E-state index contributed by atoms with van der Waals surface area (Å²) < 4.78 is 7.13. The van der Waals surface area contributed by atoms with E-state index in [0.717, 1.165) is 21.7 Å². The maximum atomic E-state index is 12.7. The Labute approximate surface area is 134 Å². The lowest BCUT2D eigenvalue weighted by Gasteiger charge is -2.26. The van der Waals surface area contributed by atoms with E-state index >= 15 is 0 Å². The van der Waals surface area contributed by atoms with Crippen LogP contribution in [-0.2, 0) is 24.2 Å². The normalized spacial score (nSPS) is 18.4. The minimum Gasteiger partial charge on any atom is -0.372 e. The Morgan fingerprint density at radius 1 is 1.41 bits per heavy atom. The molecule has 2 aromatic heterocycles. The van der Waals surface area contributed by atoms with E-state index in [1.165, 1.54) is 4.68 Å². The van der Waals surface area contributed by atoms with Crippen LogP contribution in [0, 0.1) is 11.8 Å². The average molecular weight is 321 g/mol. The number of nitrogen functional groups attached to an aromatic ring is 1. The Balaban J connectivity index is 2.14. The van der Waals surface area contributed by atoms with Crippen LogP contribution >= 0.6 is 11.3 Å². The highest BCUT2D eigenvalue weighted by Gasteiger charge is 2.28. The van der Waals surface area contributed by atoms with Gasteiger partial charge in [-0.2, -0.15) is 0 Å². The molecule has 0 bridgehead atoms. The number of fused-ring (bicyclic) bond motifs is 3. The number of hydrogen-bond donors (Lipinski definition) is 1. The SMILES string of the molecule is CC(C)Cc1nc2sc3c(c2c(=O)n1N)CC(C(C)C)OC3. The third kappa shape index (κ3) is 2.54. The van der Waals surface area contributed by atoms with Gasteiger partial charge in [-0.05, 0) is 17.4 Å². The van der Waals surface area contributed by atoms with E-state index in [0.29, 0.717) is 36.1 Å². The molecule has 1 atom stereocenters. The number of thiophene rings is 1. The molecule has 1 aliphatic heterocycles. The highest BCUT2D eigenvalue weighted by Crippen LogP contribution is 2.35. The van der Waals surface area contributed by atoms with Crippen LogP contribution in [0.4, 0.5) is 0 Å². The number of aromatic nitrogens is 2. The number of nitrogens with two attached hydrogens (primary N) is 1. The van der Waals surface area contributed by atoms with E-state index in [9.17, 15) is 4.79 Å². The smallest absolute Gasteiger partial charge is 0.280 e. The first kappa shape index (κ1) is 15.5. The van der Waals surface area contributed by atoms with Crippen molar-refractivity contribution in [1.29, 1.82) is 0 Å². The first-order valence-electron chi connectivity index (χ1n) is 7.81. The van der Waals surface area contributed by atoms with Gasteiger partial charge in [-0.15, -0.1) is 11.3 Å². The van der Waals surface area contributed by atoms with Crippen LogP contribution in [0.25, 0.3) is 10.2 Å². The molecule has 0 amide bonds. The van der Waals surface area contributed by atoms with Crippen molar-refractivity contribution in [2.75, 3.05) is 5.84 Å². The Kier molecular flexibility index (Phi) is 3.99. The molecule has 120 valence electrons. The van der Waals surface area contributed by atoms with Crippen molar-refractivity contribution in [3.8, 4) is 0 Å². The summed E-state index contributed by atoms with van der Waals surface area (Å²) in [4.78, 5) is 19.3. The van der Waals surface area contributed by atoms with Crippen molar-refractivity contribution in [2.24, 2.45) is 11.8 Å². The largest absolute Gasteiger partial charge is 0.372 e. The molecule has 22 heavy (non-hydrogen) atoms. The molecule has 0 spiro atoms. The molecule has 3 rings (SSSR count). The molecule has 2 N–H and O–H groups in total.